The van der Waals surface area contributed by atoms with Crippen LogP contribution in [-0.2, 0) is 4.79 Å². The van der Waals surface area contributed by atoms with E-state index in [1.807, 2.05) is 26.8 Å². The third kappa shape index (κ3) is 4.05. The second kappa shape index (κ2) is 5.83. The number of nitrogens with one attached hydrogen (secondary N) is 1. The summed E-state index contributed by atoms with van der Waals surface area (Å²) in [6.45, 7) is 11.0. The Labute approximate surface area is 114 Å². The number of rotatable bonds is 4. The zero-order valence-electron chi connectivity index (χ0n) is 12.0. The molecule has 0 unspecified atom stereocenters. The summed E-state index contributed by atoms with van der Waals surface area (Å²) < 4.78 is 0. The van der Waals surface area contributed by atoms with Crippen molar-refractivity contribution < 1.29 is 9.59 Å². The predicted octanol–water partition coefficient (Wildman–Crippen LogP) is 2.98. The van der Waals surface area contributed by atoms with Crippen LogP contribution in [0.1, 0.15) is 38.1 Å². The van der Waals surface area contributed by atoms with Gasteiger partial charge in [-0.3, -0.25) is 9.59 Å². The molecule has 0 radical (unpaired) electrons. The molecule has 0 aliphatic carbocycles. The Morgan fingerprint density at radius 1 is 1.16 bits per heavy atom. The molecule has 0 fully saturated rings. The van der Waals surface area contributed by atoms with Crippen LogP contribution in [0.4, 0.5) is 0 Å². The van der Waals surface area contributed by atoms with E-state index in [4.69, 9.17) is 0 Å². The van der Waals surface area contributed by atoms with Crippen LogP contribution in [0.25, 0.3) is 0 Å². The first-order valence-corrected chi connectivity index (χ1v) is 6.29. The van der Waals surface area contributed by atoms with Gasteiger partial charge in [0, 0.05) is 11.0 Å². The molecule has 19 heavy (non-hydrogen) atoms. The fourth-order valence-electron chi connectivity index (χ4n) is 1.53. The number of carbonyl (C=O) groups is 2. The van der Waals surface area contributed by atoms with Crippen molar-refractivity contribution in [2.75, 3.05) is 0 Å². The van der Waals surface area contributed by atoms with Gasteiger partial charge in [-0.2, -0.15) is 0 Å². The highest BCUT2D eigenvalue weighted by Crippen LogP contribution is 2.16. The van der Waals surface area contributed by atoms with Gasteiger partial charge in [-0.25, -0.2) is 0 Å². The molecule has 0 aromatic heterocycles. The number of hydrogen-bond donors (Lipinski definition) is 1. The first kappa shape index (κ1) is 15.2. The summed E-state index contributed by atoms with van der Waals surface area (Å²) in [5.74, 6) is -0.296. The highest BCUT2D eigenvalue weighted by Gasteiger charge is 2.28. The van der Waals surface area contributed by atoms with Crippen LogP contribution in [-0.4, -0.2) is 17.7 Å². The van der Waals surface area contributed by atoms with Crippen LogP contribution in [0.3, 0.4) is 0 Å². The van der Waals surface area contributed by atoms with E-state index < -0.39 is 11.5 Å². The third-order valence-corrected chi connectivity index (χ3v) is 2.77. The summed E-state index contributed by atoms with van der Waals surface area (Å²) in [6.07, 6.45) is 0. The van der Waals surface area contributed by atoms with Crippen LogP contribution >= 0.6 is 0 Å². The van der Waals surface area contributed by atoms with Crippen molar-refractivity contribution >= 4 is 11.7 Å². The normalized spacial score (nSPS) is 12.6. The molecule has 3 nitrogen and oxygen atoms in total. The van der Waals surface area contributed by atoms with Crippen molar-refractivity contribution in [1.82, 2.24) is 5.32 Å². The molecule has 1 N–H and O–H groups in total. The van der Waals surface area contributed by atoms with Crippen molar-refractivity contribution in [3.05, 3.63) is 48.0 Å². The van der Waals surface area contributed by atoms with Gasteiger partial charge in [0.15, 0.2) is 5.78 Å². The van der Waals surface area contributed by atoms with Gasteiger partial charge in [0.1, 0.15) is 6.04 Å². The maximum absolute atomic E-state index is 12.4. The number of benzene rings is 1. The van der Waals surface area contributed by atoms with E-state index in [0.717, 1.165) is 0 Å². The molecule has 1 rings (SSSR count). The molecule has 0 aliphatic rings. The van der Waals surface area contributed by atoms with E-state index in [1.54, 1.807) is 31.2 Å². The summed E-state index contributed by atoms with van der Waals surface area (Å²) in [4.78, 5) is 24.4. The Bertz CT molecular complexity index is 483. The number of hydrogen-bond acceptors (Lipinski definition) is 2. The summed E-state index contributed by atoms with van der Waals surface area (Å²) in [5, 5.41) is 2.77. The van der Waals surface area contributed by atoms with E-state index >= 15 is 0 Å². The fraction of sp³-hybridized carbons (Fsp3) is 0.375. The molecule has 0 bridgehead atoms. The second-order valence-corrected chi connectivity index (χ2v) is 5.73. The molecule has 0 heterocycles. The second-order valence-electron chi connectivity index (χ2n) is 5.73. The Kier molecular flexibility index (Phi) is 4.65. The van der Waals surface area contributed by atoms with Crippen molar-refractivity contribution in [3.8, 4) is 0 Å². The first-order valence-electron chi connectivity index (χ1n) is 6.29. The molecule has 0 saturated heterocycles. The van der Waals surface area contributed by atoms with Gasteiger partial charge >= 0.3 is 0 Å². The topological polar surface area (TPSA) is 46.2 Å². The van der Waals surface area contributed by atoms with Gasteiger partial charge in [0.2, 0.25) is 5.91 Å². The van der Waals surface area contributed by atoms with Gasteiger partial charge < -0.3 is 5.32 Å². The quantitative estimate of drug-likeness (QED) is 0.667. The highest BCUT2D eigenvalue weighted by molar-refractivity contribution is 6.04. The molecule has 1 amide bonds. The Morgan fingerprint density at radius 3 is 2.11 bits per heavy atom. The SMILES string of the molecule is C=C(C)[C@@H](NC(=O)C(C)(C)C)C(=O)c1ccccc1. The van der Waals surface area contributed by atoms with Crippen molar-refractivity contribution in [3.63, 3.8) is 0 Å². The number of carbonyl (C=O) groups excluding carboxylic acids is 2. The number of amides is 1. The Morgan fingerprint density at radius 2 is 1.68 bits per heavy atom. The molecule has 1 atom stereocenters. The smallest absolute Gasteiger partial charge is 0.226 e. The highest BCUT2D eigenvalue weighted by atomic mass is 16.2. The molecule has 0 spiro atoms. The zero-order valence-corrected chi connectivity index (χ0v) is 12.0. The minimum absolute atomic E-state index is 0.134. The average molecular weight is 259 g/mol. The molecular formula is C16H21NO2. The van der Waals surface area contributed by atoms with Crippen molar-refractivity contribution in [2.24, 2.45) is 5.41 Å². The molecule has 3 heteroatoms. The van der Waals surface area contributed by atoms with Gasteiger partial charge in [0.05, 0.1) is 0 Å². The maximum atomic E-state index is 12.4. The minimum Gasteiger partial charge on any atom is -0.342 e. The molecule has 1 aromatic rings. The van der Waals surface area contributed by atoms with Gasteiger partial charge in [0.25, 0.3) is 0 Å². The van der Waals surface area contributed by atoms with Gasteiger partial charge in [-0.1, -0.05) is 63.3 Å². The summed E-state index contributed by atoms with van der Waals surface area (Å²) in [5.41, 5.74) is 0.668. The van der Waals surface area contributed by atoms with E-state index in [-0.39, 0.29) is 11.7 Å². The van der Waals surface area contributed by atoms with Crippen molar-refractivity contribution in [1.29, 1.82) is 0 Å². The van der Waals surface area contributed by atoms with Crippen molar-refractivity contribution in [2.45, 2.75) is 33.7 Å². The standard InChI is InChI=1S/C16H21NO2/c1-11(2)13(17-15(19)16(3,4)5)14(18)12-9-7-6-8-10-12/h6-10,13H,1H2,2-5H3,(H,17,19)/t13-/m1/s1. The first-order chi connectivity index (χ1) is 8.73. The maximum Gasteiger partial charge on any atom is 0.226 e. The number of ketones is 1. The van der Waals surface area contributed by atoms with Crippen LogP contribution in [0.15, 0.2) is 42.5 Å². The van der Waals surface area contributed by atoms with Crippen LogP contribution in [0.5, 0.6) is 0 Å². The fourth-order valence-corrected chi connectivity index (χ4v) is 1.53. The van der Waals surface area contributed by atoms with E-state index in [9.17, 15) is 9.59 Å². The van der Waals surface area contributed by atoms with E-state index in [0.29, 0.717) is 11.1 Å². The zero-order chi connectivity index (χ0) is 14.6. The third-order valence-electron chi connectivity index (χ3n) is 2.77. The van der Waals surface area contributed by atoms with Gasteiger partial charge in [-0.05, 0) is 6.92 Å². The predicted molar refractivity (Wildman–Crippen MR) is 77.0 cm³/mol. The van der Waals surface area contributed by atoms with Crippen LogP contribution < -0.4 is 5.32 Å². The lowest BCUT2D eigenvalue weighted by Crippen LogP contribution is -2.46. The Hall–Kier alpha value is -1.90. The van der Waals surface area contributed by atoms with Crippen LogP contribution in [0.2, 0.25) is 0 Å². The average Bonchev–Trinajstić information content (AvgIpc) is 2.34. The molecular weight excluding hydrogens is 238 g/mol. The summed E-state index contributed by atoms with van der Waals surface area (Å²) >= 11 is 0. The summed E-state index contributed by atoms with van der Waals surface area (Å²) in [7, 11) is 0. The monoisotopic (exact) mass is 259 g/mol. The molecule has 0 aliphatic heterocycles. The summed E-state index contributed by atoms with van der Waals surface area (Å²) in [6, 6.07) is 8.25. The lowest BCUT2D eigenvalue weighted by molar-refractivity contribution is -0.128. The van der Waals surface area contributed by atoms with Gasteiger partial charge in [-0.15, -0.1) is 0 Å². The largest absolute Gasteiger partial charge is 0.342 e. The lowest BCUT2D eigenvalue weighted by Gasteiger charge is -2.23. The molecule has 102 valence electrons. The minimum atomic E-state index is -0.672. The van der Waals surface area contributed by atoms with Crippen LogP contribution in [0, 0.1) is 5.41 Å². The van der Waals surface area contributed by atoms with E-state index in [2.05, 4.69) is 11.9 Å². The molecule has 0 saturated carbocycles. The molecule has 1 aromatic carbocycles. The van der Waals surface area contributed by atoms with E-state index in [1.165, 1.54) is 0 Å². The lowest BCUT2D eigenvalue weighted by atomic mass is 9.93. The Balaban J connectivity index is 2.94. The number of Topliss-reactive ketones (excluding diaryl/α,β-unsaturated/α-hetero) is 1.